The zero-order valence-corrected chi connectivity index (χ0v) is 16.6. The predicted molar refractivity (Wildman–Crippen MR) is 96.5 cm³/mol. The van der Waals surface area contributed by atoms with Crippen molar-refractivity contribution in [1.82, 2.24) is 4.57 Å². The molecule has 142 valence electrons. The maximum absolute atomic E-state index is 13.2. The molecule has 3 atom stereocenters. The normalized spacial score (nSPS) is 35.9. The number of ether oxygens (including phenoxy) is 2. The molecule has 1 aromatic heterocycles. The lowest BCUT2D eigenvalue weighted by molar-refractivity contribution is -0.166. The van der Waals surface area contributed by atoms with Gasteiger partial charge in [0.2, 0.25) is 0 Å². The first-order chi connectivity index (χ1) is 12.2. The Morgan fingerprint density at radius 2 is 2.15 bits per heavy atom. The summed E-state index contributed by atoms with van der Waals surface area (Å²) in [6.07, 6.45) is 5.50. The van der Waals surface area contributed by atoms with Crippen LogP contribution in [0, 0.1) is 17.8 Å². The van der Waals surface area contributed by atoms with Crippen molar-refractivity contribution in [3.8, 4) is 0 Å². The number of fused-ring (bicyclic) bond motifs is 2. The summed E-state index contributed by atoms with van der Waals surface area (Å²) in [5, 5.41) is 0. The molecular weight excluding hydrogens is 352 g/mol. The minimum atomic E-state index is -1.14. The monoisotopic (exact) mass is 378 g/mol. The van der Waals surface area contributed by atoms with Crippen molar-refractivity contribution < 1.29 is 19.1 Å². The highest BCUT2D eigenvalue weighted by Crippen LogP contribution is 2.65. The Balaban J connectivity index is 1.69. The van der Waals surface area contributed by atoms with E-state index in [9.17, 15) is 9.59 Å². The molecule has 0 unspecified atom stereocenters. The van der Waals surface area contributed by atoms with Crippen LogP contribution in [0.1, 0.15) is 51.3 Å². The van der Waals surface area contributed by atoms with E-state index in [0.717, 1.165) is 24.3 Å². The Kier molecular flexibility index (Phi) is 3.97. The van der Waals surface area contributed by atoms with Gasteiger partial charge in [0.15, 0.2) is 10.4 Å². The molecule has 3 aliphatic rings. The molecule has 2 saturated heterocycles. The van der Waals surface area contributed by atoms with E-state index < -0.39 is 16.4 Å². The molecule has 0 radical (unpaired) electrons. The van der Waals surface area contributed by atoms with E-state index in [0.29, 0.717) is 24.2 Å². The number of hydrogen-bond acceptors (Lipinski definition) is 5. The average molecular weight is 378 g/mol. The molecule has 4 rings (SSSR count). The highest BCUT2D eigenvalue weighted by Gasteiger charge is 2.75. The van der Waals surface area contributed by atoms with Crippen LogP contribution in [-0.4, -0.2) is 34.8 Å². The maximum Gasteiger partial charge on any atom is 0.313 e. The summed E-state index contributed by atoms with van der Waals surface area (Å²) in [6, 6.07) is 0. The minimum Gasteiger partial charge on any atom is -0.448 e. The van der Waals surface area contributed by atoms with Crippen LogP contribution in [0.5, 0.6) is 0 Å². The predicted octanol–water partition coefficient (Wildman–Crippen LogP) is 2.59. The second-order valence-corrected chi connectivity index (χ2v) is 9.72. The van der Waals surface area contributed by atoms with Gasteiger partial charge in [-0.3, -0.25) is 9.59 Å². The molecule has 3 heterocycles. The summed E-state index contributed by atoms with van der Waals surface area (Å²) in [4.78, 5) is 31.8. The van der Waals surface area contributed by atoms with Gasteiger partial charge in [-0.25, -0.2) is 0 Å². The van der Waals surface area contributed by atoms with Crippen LogP contribution in [0.25, 0.3) is 0 Å². The lowest BCUT2D eigenvalue weighted by Gasteiger charge is -2.33. The van der Waals surface area contributed by atoms with Gasteiger partial charge in [-0.05, 0) is 39.5 Å². The summed E-state index contributed by atoms with van der Waals surface area (Å²) >= 11 is 1.49. The van der Waals surface area contributed by atoms with E-state index in [1.807, 2.05) is 38.5 Å². The van der Waals surface area contributed by atoms with E-state index in [-0.39, 0.29) is 18.0 Å². The van der Waals surface area contributed by atoms with Crippen molar-refractivity contribution in [1.29, 1.82) is 0 Å². The van der Waals surface area contributed by atoms with Crippen molar-refractivity contribution in [2.45, 2.75) is 71.6 Å². The number of aryl methyl sites for hydroxylation is 1. The summed E-state index contributed by atoms with van der Waals surface area (Å²) < 4.78 is 13.4. The number of thiazole rings is 1. The molecule has 1 saturated carbocycles. The number of nitrogens with zero attached hydrogens (tertiary/aromatic N) is 2. The standard InChI is InChI=1S/C19H26N2O4S/c1-12-10-21(11-13-6-5-9-24-13)16(26-12)20-14(22)19-8-7-18(4,15(23)25-19)17(19,2)3/h10,13H,5-9,11H2,1-4H3/t13-,18-,19+/m1/s1. The van der Waals surface area contributed by atoms with E-state index in [1.165, 1.54) is 11.3 Å². The Morgan fingerprint density at radius 3 is 2.73 bits per heavy atom. The first kappa shape index (κ1) is 17.9. The van der Waals surface area contributed by atoms with Crippen LogP contribution in [0.4, 0.5) is 0 Å². The van der Waals surface area contributed by atoms with Crippen LogP contribution >= 0.6 is 11.3 Å². The van der Waals surface area contributed by atoms with Gasteiger partial charge >= 0.3 is 5.97 Å². The molecule has 3 fully saturated rings. The summed E-state index contributed by atoms with van der Waals surface area (Å²) in [5.41, 5.74) is -2.32. The van der Waals surface area contributed by atoms with Crippen molar-refractivity contribution in [3.63, 3.8) is 0 Å². The van der Waals surface area contributed by atoms with Crippen LogP contribution in [0.2, 0.25) is 0 Å². The molecule has 1 aromatic rings. The van der Waals surface area contributed by atoms with Crippen LogP contribution in [-0.2, 0) is 25.6 Å². The fraction of sp³-hybridized carbons (Fsp3) is 0.737. The van der Waals surface area contributed by atoms with Crippen molar-refractivity contribution in [3.05, 3.63) is 15.9 Å². The topological polar surface area (TPSA) is 69.9 Å². The molecule has 2 bridgehead atoms. The molecule has 1 amide bonds. The first-order valence-corrected chi connectivity index (χ1v) is 10.1. The quantitative estimate of drug-likeness (QED) is 0.758. The van der Waals surface area contributed by atoms with Gasteiger partial charge in [-0.2, -0.15) is 4.99 Å². The van der Waals surface area contributed by atoms with Crippen LogP contribution in [0.3, 0.4) is 0 Å². The second kappa shape index (κ2) is 5.76. The zero-order chi connectivity index (χ0) is 18.7. The van der Waals surface area contributed by atoms with Crippen LogP contribution < -0.4 is 4.80 Å². The SMILES string of the molecule is Cc1cn(C[C@H]2CCCO2)c(=NC(=O)[C@]23CC[C@](C)(C(=O)O2)C3(C)C)s1. The van der Waals surface area contributed by atoms with Crippen molar-refractivity contribution >= 4 is 23.2 Å². The van der Waals surface area contributed by atoms with E-state index >= 15 is 0 Å². The van der Waals surface area contributed by atoms with Gasteiger partial charge in [-0.1, -0.05) is 13.8 Å². The Bertz CT molecular complexity index is 833. The molecule has 6 nitrogen and oxygen atoms in total. The molecule has 1 aliphatic carbocycles. The van der Waals surface area contributed by atoms with Gasteiger partial charge in [0, 0.05) is 23.1 Å². The van der Waals surface area contributed by atoms with Crippen molar-refractivity contribution in [2.75, 3.05) is 6.61 Å². The fourth-order valence-corrected chi connectivity index (χ4v) is 5.47. The summed E-state index contributed by atoms with van der Waals surface area (Å²) in [7, 11) is 0. The van der Waals surface area contributed by atoms with E-state index in [2.05, 4.69) is 4.99 Å². The van der Waals surface area contributed by atoms with Crippen molar-refractivity contribution in [2.24, 2.45) is 15.8 Å². The Hall–Kier alpha value is -1.47. The van der Waals surface area contributed by atoms with E-state index in [1.54, 1.807) is 0 Å². The number of aromatic nitrogens is 1. The number of amides is 1. The fourth-order valence-electron chi connectivity index (χ4n) is 4.63. The third-order valence-electron chi connectivity index (χ3n) is 6.89. The zero-order valence-electron chi connectivity index (χ0n) is 15.8. The molecule has 7 heteroatoms. The highest BCUT2D eigenvalue weighted by atomic mass is 32.1. The third-order valence-corrected chi connectivity index (χ3v) is 7.82. The molecule has 0 aromatic carbocycles. The second-order valence-electron chi connectivity index (χ2n) is 8.50. The number of hydrogen-bond donors (Lipinski definition) is 0. The van der Waals surface area contributed by atoms with Gasteiger partial charge in [-0.15, -0.1) is 11.3 Å². The number of rotatable bonds is 3. The Morgan fingerprint density at radius 1 is 1.38 bits per heavy atom. The lowest BCUT2D eigenvalue weighted by Crippen LogP contribution is -2.47. The number of carbonyl (C=O) groups excluding carboxylic acids is 2. The molecule has 0 spiro atoms. The lowest BCUT2D eigenvalue weighted by atomic mass is 9.66. The highest BCUT2D eigenvalue weighted by molar-refractivity contribution is 7.09. The summed E-state index contributed by atoms with van der Waals surface area (Å²) in [5.74, 6) is -0.605. The van der Waals surface area contributed by atoms with Gasteiger partial charge in [0.25, 0.3) is 5.91 Å². The van der Waals surface area contributed by atoms with Gasteiger partial charge in [0.05, 0.1) is 18.1 Å². The molecule has 2 aliphatic heterocycles. The maximum atomic E-state index is 13.2. The largest absolute Gasteiger partial charge is 0.448 e. The average Bonchev–Trinajstić information content (AvgIpc) is 3.26. The van der Waals surface area contributed by atoms with Crippen LogP contribution in [0.15, 0.2) is 11.2 Å². The Labute approximate surface area is 157 Å². The van der Waals surface area contributed by atoms with E-state index in [4.69, 9.17) is 9.47 Å². The van der Waals surface area contributed by atoms with Gasteiger partial charge < -0.3 is 14.0 Å². The minimum absolute atomic E-state index is 0.173. The molecule has 0 N–H and O–H groups in total. The number of carbonyl (C=O) groups is 2. The third kappa shape index (κ3) is 2.29. The smallest absolute Gasteiger partial charge is 0.313 e. The molecule has 26 heavy (non-hydrogen) atoms. The first-order valence-electron chi connectivity index (χ1n) is 9.31. The number of esters is 1. The van der Waals surface area contributed by atoms with Gasteiger partial charge in [0.1, 0.15) is 0 Å². The summed E-state index contributed by atoms with van der Waals surface area (Å²) in [6.45, 7) is 9.32. The molecular formula is C19H26N2O4S.